The number of aromatic nitrogens is 1. The Morgan fingerprint density at radius 1 is 1.22 bits per heavy atom. The molecular formula is C14H15BrN2O. The molecule has 0 amide bonds. The lowest BCUT2D eigenvalue weighted by Crippen LogP contribution is -2.17. The Hall–Kier alpha value is -1.55. The normalized spacial score (nSPS) is 10.2. The van der Waals surface area contributed by atoms with Crippen molar-refractivity contribution in [3.05, 3.63) is 52.6 Å². The van der Waals surface area contributed by atoms with E-state index in [-0.39, 0.29) is 0 Å². The number of ether oxygens (including phenoxy) is 1. The maximum absolute atomic E-state index is 5.22. The fraction of sp³-hybridized carbons (Fsp3) is 0.214. The van der Waals surface area contributed by atoms with E-state index in [0.29, 0.717) is 0 Å². The van der Waals surface area contributed by atoms with Gasteiger partial charge < -0.3 is 9.64 Å². The molecule has 2 rings (SSSR count). The SMILES string of the molecule is COc1cccc(CN(C)c2cccc(Br)n2)c1. The number of methoxy groups -OCH3 is 1. The van der Waals surface area contributed by atoms with Crippen LogP contribution < -0.4 is 9.64 Å². The molecule has 3 nitrogen and oxygen atoms in total. The summed E-state index contributed by atoms with van der Waals surface area (Å²) < 4.78 is 6.06. The highest BCUT2D eigenvalue weighted by Gasteiger charge is 2.04. The fourth-order valence-electron chi connectivity index (χ4n) is 1.74. The first-order valence-electron chi connectivity index (χ1n) is 5.65. The summed E-state index contributed by atoms with van der Waals surface area (Å²) in [5.74, 6) is 1.82. The number of rotatable bonds is 4. The molecule has 0 spiro atoms. The van der Waals surface area contributed by atoms with Gasteiger partial charge in [0.15, 0.2) is 0 Å². The Kier molecular flexibility index (Phi) is 4.20. The number of nitrogens with zero attached hydrogens (tertiary/aromatic N) is 2. The Morgan fingerprint density at radius 2 is 2.00 bits per heavy atom. The van der Waals surface area contributed by atoms with Gasteiger partial charge in [0.05, 0.1) is 7.11 Å². The van der Waals surface area contributed by atoms with Crippen LogP contribution in [0.2, 0.25) is 0 Å². The molecule has 0 aliphatic carbocycles. The molecule has 94 valence electrons. The van der Waals surface area contributed by atoms with Crippen molar-refractivity contribution in [3.63, 3.8) is 0 Å². The van der Waals surface area contributed by atoms with E-state index >= 15 is 0 Å². The predicted molar refractivity (Wildman–Crippen MR) is 77.0 cm³/mol. The summed E-state index contributed by atoms with van der Waals surface area (Å²) in [6, 6.07) is 13.9. The van der Waals surface area contributed by atoms with Crippen molar-refractivity contribution in [3.8, 4) is 5.75 Å². The van der Waals surface area contributed by atoms with Gasteiger partial charge in [-0.05, 0) is 45.8 Å². The quantitative estimate of drug-likeness (QED) is 0.809. The number of hydrogen-bond acceptors (Lipinski definition) is 3. The summed E-state index contributed by atoms with van der Waals surface area (Å²) >= 11 is 3.38. The molecule has 1 heterocycles. The van der Waals surface area contributed by atoms with E-state index in [1.807, 2.05) is 43.4 Å². The second-order valence-corrected chi connectivity index (χ2v) is 4.84. The monoisotopic (exact) mass is 306 g/mol. The van der Waals surface area contributed by atoms with Gasteiger partial charge in [-0.25, -0.2) is 4.98 Å². The van der Waals surface area contributed by atoms with Crippen LogP contribution in [0, 0.1) is 0 Å². The van der Waals surface area contributed by atoms with E-state index in [1.54, 1.807) is 7.11 Å². The van der Waals surface area contributed by atoms with Gasteiger partial charge >= 0.3 is 0 Å². The fourth-order valence-corrected chi connectivity index (χ4v) is 2.07. The van der Waals surface area contributed by atoms with Crippen molar-refractivity contribution in [1.29, 1.82) is 0 Å². The average molecular weight is 307 g/mol. The summed E-state index contributed by atoms with van der Waals surface area (Å²) in [5.41, 5.74) is 1.19. The molecule has 4 heteroatoms. The first kappa shape index (κ1) is 12.9. The van der Waals surface area contributed by atoms with Gasteiger partial charge in [0.1, 0.15) is 16.2 Å². The Morgan fingerprint density at radius 3 is 2.72 bits per heavy atom. The molecule has 0 unspecified atom stereocenters. The van der Waals surface area contributed by atoms with Gasteiger partial charge in [-0.2, -0.15) is 0 Å². The summed E-state index contributed by atoms with van der Waals surface area (Å²) in [7, 11) is 3.70. The van der Waals surface area contributed by atoms with Gasteiger partial charge in [0.25, 0.3) is 0 Å². The highest BCUT2D eigenvalue weighted by atomic mass is 79.9. The Bertz CT molecular complexity index is 531. The standard InChI is InChI=1S/C14H15BrN2O/c1-17(14-8-4-7-13(15)16-14)10-11-5-3-6-12(9-11)18-2/h3-9H,10H2,1-2H3. The molecule has 1 aromatic carbocycles. The van der Waals surface area contributed by atoms with Crippen LogP contribution >= 0.6 is 15.9 Å². The molecule has 0 fully saturated rings. The van der Waals surface area contributed by atoms with Gasteiger partial charge in [0, 0.05) is 13.6 Å². The van der Waals surface area contributed by atoms with E-state index in [2.05, 4.69) is 31.9 Å². The molecule has 0 saturated carbocycles. The van der Waals surface area contributed by atoms with E-state index in [9.17, 15) is 0 Å². The van der Waals surface area contributed by atoms with Crippen molar-refractivity contribution < 1.29 is 4.74 Å². The third kappa shape index (κ3) is 3.23. The van der Waals surface area contributed by atoms with E-state index in [1.165, 1.54) is 5.56 Å². The van der Waals surface area contributed by atoms with Crippen LogP contribution in [0.15, 0.2) is 47.1 Å². The summed E-state index contributed by atoms with van der Waals surface area (Å²) in [4.78, 5) is 6.52. The van der Waals surface area contributed by atoms with E-state index in [0.717, 1.165) is 22.7 Å². The van der Waals surface area contributed by atoms with Crippen LogP contribution in [0.5, 0.6) is 5.75 Å². The molecule has 2 aromatic rings. The van der Waals surface area contributed by atoms with Gasteiger partial charge in [-0.15, -0.1) is 0 Å². The molecule has 0 aliphatic rings. The topological polar surface area (TPSA) is 25.4 Å². The maximum Gasteiger partial charge on any atom is 0.129 e. The third-order valence-corrected chi connectivity index (χ3v) is 3.09. The third-order valence-electron chi connectivity index (χ3n) is 2.65. The van der Waals surface area contributed by atoms with Crippen LogP contribution in [0.4, 0.5) is 5.82 Å². The summed E-state index contributed by atoms with van der Waals surface area (Å²) in [6.07, 6.45) is 0. The van der Waals surface area contributed by atoms with Crippen LogP contribution in [-0.2, 0) is 6.54 Å². The number of pyridine rings is 1. The highest BCUT2D eigenvalue weighted by Crippen LogP contribution is 2.18. The van der Waals surface area contributed by atoms with Crippen molar-refractivity contribution in [1.82, 2.24) is 4.98 Å². The van der Waals surface area contributed by atoms with Gasteiger partial charge in [-0.1, -0.05) is 18.2 Å². The van der Waals surface area contributed by atoms with Crippen LogP contribution in [0.25, 0.3) is 0 Å². The molecular weight excluding hydrogens is 292 g/mol. The predicted octanol–water partition coefficient (Wildman–Crippen LogP) is 3.49. The second-order valence-electron chi connectivity index (χ2n) is 4.03. The lowest BCUT2D eigenvalue weighted by molar-refractivity contribution is 0.414. The number of hydrogen-bond donors (Lipinski definition) is 0. The molecule has 0 saturated heterocycles. The van der Waals surface area contributed by atoms with Crippen LogP contribution in [0.3, 0.4) is 0 Å². The Labute approximate surface area is 116 Å². The van der Waals surface area contributed by atoms with E-state index < -0.39 is 0 Å². The first-order chi connectivity index (χ1) is 8.69. The summed E-state index contributed by atoms with van der Waals surface area (Å²) in [5, 5.41) is 0. The van der Waals surface area contributed by atoms with Crippen molar-refractivity contribution in [2.75, 3.05) is 19.1 Å². The zero-order valence-electron chi connectivity index (χ0n) is 10.4. The highest BCUT2D eigenvalue weighted by molar-refractivity contribution is 9.10. The summed E-state index contributed by atoms with van der Waals surface area (Å²) in [6.45, 7) is 0.792. The molecule has 1 aromatic heterocycles. The number of halogens is 1. The molecule has 0 radical (unpaired) electrons. The minimum atomic E-state index is 0.792. The largest absolute Gasteiger partial charge is 0.497 e. The number of benzene rings is 1. The lowest BCUT2D eigenvalue weighted by Gasteiger charge is -2.18. The molecule has 0 aliphatic heterocycles. The minimum Gasteiger partial charge on any atom is -0.497 e. The first-order valence-corrected chi connectivity index (χ1v) is 6.45. The van der Waals surface area contributed by atoms with Gasteiger partial charge in [-0.3, -0.25) is 0 Å². The molecule has 0 atom stereocenters. The minimum absolute atomic E-state index is 0.792. The van der Waals surface area contributed by atoms with E-state index in [4.69, 9.17) is 4.74 Å². The molecule has 18 heavy (non-hydrogen) atoms. The molecule has 0 N–H and O–H groups in total. The maximum atomic E-state index is 5.22. The second kappa shape index (κ2) is 5.87. The average Bonchev–Trinajstić information content (AvgIpc) is 2.39. The Balaban J connectivity index is 2.13. The smallest absolute Gasteiger partial charge is 0.129 e. The lowest BCUT2D eigenvalue weighted by atomic mass is 10.2. The van der Waals surface area contributed by atoms with Crippen molar-refractivity contribution in [2.45, 2.75) is 6.54 Å². The zero-order valence-corrected chi connectivity index (χ0v) is 12.0. The number of anilines is 1. The zero-order chi connectivity index (χ0) is 13.0. The van der Waals surface area contributed by atoms with Crippen molar-refractivity contribution >= 4 is 21.7 Å². The van der Waals surface area contributed by atoms with Gasteiger partial charge in [0.2, 0.25) is 0 Å². The van der Waals surface area contributed by atoms with Crippen molar-refractivity contribution in [2.24, 2.45) is 0 Å². The molecule has 0 bridgehead atoms. The van der Waals surface area contributed by atoms with Crippen LogP contribution in [-0.4, -0.2) is 19.1 Å². The van der Waals surface area contributed by atoms with Crippen LogP contribution in [0.1, 0.15) is 5.56 Å².